The number of hydrogen-bond acceptors (Lipinski definition) is 7. The zero-order chi connectivity index (χ0) is 17.3. The highest BCUT2D eigenvalue weighted by Gasteiger charge is 2.32. The lowest BCUT2D eigenvalue weighted by atomic mass is 9.92. The summed E-state index contributed by atoms with van der Waals surface area (Å²) in [5, 5.41) is 27.6. The Hall–Kier alpha value is -3.18. The Morgan fingerprint density at radius 1 is 1.38 bits per heavy atom. The molecule has 1 saturated carbocycles. The molecule has 0 bridgehead atoms. The van der Waals surface area contributed by atoms with Gasteiger partial charge in [-0.1, -0.05) is 12.1 Å². The molecule has 2 aromatic rings. The van der Waals surface area contributed by atoms with E-state index in [1.54, 1.807) is 24.3 Å². The van der Waals surface area contributed by atoms with Crippen LogP contribution >= 0.6 is 0 Å². The molecular weight excluding hydrogens is 312 g/mol. The predicted octanol–water partition coefficient (Wildman–Crippen LogP) is 1.20. The number of carboxylic acid groups (broad SMARTS) is 1. The summed E-state index contributed by atoms with van der Waals surface area (Å²) in [5.74, 6) is -1.47. The van der Waals surface area contributed by atoms with Gasteiger partial charge in [-0.2, -0.15) is 10.2 Å². The molecule has 0 spiro atoms. The normalized spacial score (nSPS) is 19.2. The number of ether oxygens (including phenoxy) is 1. The summed E-state index contributed by atoms with van der Waals surface area (Å²) in [4.78, 5) is 19.6. The van der Waals surface area contributed by atoms with E-state index in [9.17, 15) is 15.0 Å². The van der Waals surface area contributed by atoms with Gasteiger partial charge < -0.3 is 20.7 Å². The number of aliphatic hydroxyl groups excluding tert-OH is 1. The standard InChI is InChI=1S/C16H14N4O4/c17-7-8-2-1-3-9(4-8)14-19-13(18)12(16(22)23)15(20-14)24-11-5-10(21)6-11/h1-4,10-11,21H,5-6H2,(H,22,23)(H2,18,19,20)/t10-,11+. The number of hydrogen-bond donors (Lipinski definition) is 3. The van der Waals surface area contributed by atoms with Crippen molar-refractivity contribution in [2.24, 2.45) is 0 Å². The van der Waals surface area contributed by atoms with Gasteiger partial charge in [-0.15, -0.1) is 0 Å². The number of aromatic nitrogens is 2. The number of nitriles is 1. The highest BCUT2D eigenvalue weighted by atomic mass is 16.5. The lowest BCUT2D eigenvalue weighted by Gasteiger charge is -2.31. The number of carbonyl (C=O) groups is 1. The zero-order valence-electron chi connectivity index (χ0n) is 12.5. The molecule has 1 fully saturated rings. The van der Waals surface area contributed by atoms with Crippen molar-refractivity contribution in [2.45, 2.75) is 25.0 Å². The Bertz CT molecular complexity index is 840. The van der Waals surface area contributed by atoms with Crippen molar-refractivity contribution in [2.75, 3.05) is 5.73 Å². The Balaban J connectivity index is 2.03. The summed E-state index contributed by atoms with van der Waals surface area (Å²) in [5.41, 5.74) is 6.40. The lowest BCUT2D eigenvalue weighted by molar-refractivity contribution is -0.0132. The van der Waals surface area contributed by atoms with Gasteiger partial charge in [-0.05, 0) is 12.1 Å². The van der Waals surface area contributed by atoms with Crippen LogP contribution in [0.4, 0.5) is 5.82 Å². The van der Waals surface area contributed by atoms with Crippen LogP contribution in [0.3, 0.4) is 0 Å². The van der Waals surface area contributed by atoms with Gasteiger partial charge >= 0.3 is 5.97 Å². The summed E-state index contributed by atoms with van der Waals surface area (Å²) < 4.78 is 5.58. The quantitative estimate of drug-likeness (QED) is 0.760. The second-order valence-corrected chi connectivity index (χ2v) is 5.48. The van der Waals surface area contributed by atoms with Crippen molar-refractivity contribution >= 4 is 11.8 Å². The number of nitrogen functional groups attached to an aromatic ring is 1. The lowest BCUT2D eigenvalue weighted by Crippen LogP contribution is -2.38. The van der Waals surface area contributed by atoms with Crippen molar-refractivity contribution in [3.05, 3.63) is 35.4 Å². The number of aliphatic hydroxyl groups is 1. The highest BCUT2D eigenvalue weighted by molar-refractivity contribution is 5.95. The fourth-order valence-electron chi connectivity index (χ4n) is 2.39. The monoisotopic (exact) mass is 326 g/mol. The van der Waals surface area contributed by atoms with Gasteiger partial charge in [0.05, 0.1) is 17.7 Å². The van der Waals surface area contributed by atoms with Crippen LogP contribution in [0.25, 0.3) is 11.4 Å². The number of benzene rings is 1. The fraction of sp³-hybridized carbons (Fsp3) is 0.250. The minimum absolute atomic E-state index is 0.135. The van der Waals surface area contributed by atoms with Crippen molar-refractivity contribution in [3.8, 4) is 23.3 Å². The molecule has 122 valence electrons. The molecular formula is C16H14N4O4. The number of anilines is 1. The first-order valence-electron chi connectivity index (χ1n) is 7.24. The summed E-state index contributed by atoms with van der Waals surface area (Å²) in [6, 6.07) is 8.57. The molecule has 8 nitrogen and oxygen atoms in total. The van der Waals surface area contributed by atoms with Gasteiger partial charge in [0.25, 0.3) is 0 Å². The van der Waals surface area contributed by atoms with Crippen LogP contribution in [-0.2, 0) is 0 Å². The third-order valence-electron chi connectivity index (χ3n) is 3.72. The van der Waals surface area contributed by atoms with Crippen molar-refractivity contribution in [1.29, 1.82) is 5.26 Å². The van der Waals surface area contributed by atoms with Gasteiger partial charge in [-0.3, -0.25) is 0 Å². The Morgan fingerprint density at radius 2 is 2.12 bits per heavy atom. The van der Waals surface area contributed by atoms with E-state index >= 15 is 0 Å². The molecule has 1 aromatic carbocycles. The molecule has 8 heteroatoms. The Kier molecular flexibility index (Phi) is 4.02. The number of aromatic carboxylic acids is 1. The topological polar surface area (TPSA) is 142 Å². The third-order valence-corrected chi connectivity index (χ3v) is 3.72. The smallest absolute Gasteiger partial charge is 0.345 e. The van der Waals surface area contributed by atoms with E-state index in [0.29, 0.717) is 24.0 Å². The van der Waals surface area contributed by atoms with Crippen LogP contribution in [0, 0.1) is 11.3 Å². The third kappa shape index (κ3) is 2.98. The van der Waals surface area contributed by atoms with E-state index in [2.05, 4.69) is 9.97 Å². The summed E-state index contributed by atoms with van der Waals surface area (Å²) in [7, 11) is 0. The number of nitrogens with two attached hydrogens (primary N) is 1. The van der Waals surface area contributed by atoms with Crippen LogP contribution in [-0.4, -0.2) is 38.4 Å². The maximum Gasteiger partial charge on any atom is 0.345 e. The molecule has 1 aliphatic carbocycles. The SMILES string of the molecule is N#Cc1cccc(-c2nc(N)c(C(=O)O)c(O[C@H]3C[C@@H](O)C3)n2)c1. The molecule has 0 radical (unpaired) electrons. The number of rotatable bonds is 4. The average molecular weight is 326 g/mol. The first kappa shape index (κ1) is 15.7. The average Bonchev–Trinajstić information content (AvgIpc) is 2.52. The molecule has 4 N–H and O–H groups in total. The first-order chi connectivity index (χ1) is 11.5. The maximum atomic E-state index is 11.4. The van der Waals surface area contributed by atoms with Crippen LogP contribution < -0.4 is 10.5 Å². The van der Waals surface area contributed by atoms with E-state index in [-0.39, 0.29) is 29.2 Å². The second kappa shape index (κ2) is 6.14. The molecule has 0 aliphatic heterocycles. The van der Waals surface area contributed by atoms with Crippen LogP contribution in [0.1, 0.15) is 28.8 Å². The molecule has 3 rings (SSSR count). The molecule has 0 atom stereocenters. The van der Waals surface area contributed by atoms with Gasteiger partial charge in [0.2, 0.25) is 5.88 Å². The van der Waals surface area contributed by atoms with Crippen molar-refractivity contribution in [3.63, 3.8) is 0 Å². The highest BCUT2D eigenvalue weighted by Crippen LogP contribution is 2.31. The molecule has 0 amide bonds. The maximum absolute atomic E-state index is 11.4. The summed E-state index contributed by atoms with van der Waals surface area (Å²) in [6.45, 7) is 0. The van der Waals surface area contributed by atoms with Crippen molar-refractivity contribution < 1.29 is 19.7 Å². The first-order valence-corrected chi connectivity index (χ1v) is 7.24. The number of nitrogens with zero attached hydrogens (tertiary/aromatic N) is 3. The van der Waals surface area contributed by atoms with E-state index in [1.165, 1.54) is 0 Å². The van der Waals surface area contributed by atoms with Gasteiger partial charge in [0.15, 0.2) is 11.4 Å². The van der Waals surface area contributed by atoms with Crippen LogP contribution in [0.15, 0.2) is 24.3 Å². The molecule has 1 heterocycles. The fourth-order valence-corrected chi connectivity index (χ4v) is 2.39. The Labute approximate surface area is 137 Å². The van der Waals surface area contributed by atoms with E-state index < -0.39 is 12.1 Å². The molecule has 0 saturated heterocycles. The largest absolute Gasteiger partial charge is 0.477 e. The number of carboxylic acids is 1. The summed E-state index contributed by atoms with van der Waals surface area (Å²) in [6.07, 6.45) is 0.0460. The van der Waals surface area contributed by atoms with Gasteiger partial charge in [0.1, 0.15) is 11.9 Å². The zero-order valence-corrected chi connectivity index (χ0v) is 12.5. The molecule has 0 unspecified atom stereocenters. The van der Waals surface area contributed by atoms with Crippen LogP contribution in [0.5, 0.6) is 5.88 Å². The predicted molar refractivity (Wildman–Crippen MR) is 83.2 cm³/mol. The van der Waals surface area contributed by atoms with E-state index in [4.69, 9.17) is 15.7 Å². The molecule has 24 heavy (non-hydrogen) atoms. The minimum atomic E-state index is -1.29. The van der Waals surface area contributed by atoms with Gasteiger partial charge in [0, 0.05) is 18.4 Å². The molecule has 1 aromatic heterocycles. The minimum Gasteiger partial charge on any atom is -0.477 e. The van der Waals surface area contributed by atoms with E-state index in [0.717, 1.165) is 0 Å². The van der Waals surface area contributed by atoms with E-state index in [1.807, 2.05) is 6.07 Å². The van der Waals surface area contributed by atoms with Crippen molar-refractivity contribution in [1.82, 2.24) is 9.97 Å². The Morgan fingerprint density at radius 3 is 2.75 bits per heavy atom. The van der Waals surface area contributed by atoms with Crippen LogP contribution in [0.2, 0.25) is 0 Å². The summed E-state index contributed by atoms with van der Waals surface area (Å²) >= 11 is 0. The second-order valence-electron chi connectivity index (χ2n) is 5.48. The van der Waals surface area contributed by atoms with Gasteiger partial charge in [-0.25, -0.2) is 9.78 Å². The molecule has 1 aliphatic rings.